The van der Waals surface area contributed by atoms with Crippen LogP contribution in [0, 0.1) is 0 Å². The number of nitrogens with one attached hydrogen (secondary N) is 1. The summed E-state index contributed by atoms with van der Waals surface area (Å²) in [6.07, 6.45) is 3.11. The highest BCUT2D eigenvalue weighted by Gasteiger charge is 2.20. The van der Waals surface area contributed by atoms with Gasteiger partial charge in [-0.2, -0.15) is 0 Å². The third kappa shape index (κ3) is 4.64. The van der Waals surface area contributed by atoms with Crippen molar-refractivity contribution in [2.45, 2.75) is 17.3 Å². The lowest BCUT2D eigenvalue weighted by molar-refractivity contribution is 0.0705. The van der Waals surface area contributed by atoms with Gasteiger partial charge >= 0.3 is 0 Å². The summed E-state index contributed by atoms with van der Waals surface area (Å²) in [4.78, 5) is 14.7. The van der Waals surface area contributed by atoms with Crippen LogP contribution in [0.25, 0.3) is 0 Å². The van der Waals surface area contributed by atoms with E-state index in [0.29, 0.717) is 22.8 Å². The number of anilines is 1. The first kappa shape index (κ1) is 20.0. The van der Waals surface area contributed by atoms with E-state index in [-0.39, 0.29) is 23.2 Å². The van der Waals surface area contributed by atoms with E-state index in [4.69, 9.17) is 8.83 Å². The van der Waals surface area contributed by atoms with E-state index in [2.05, 4.69) is 4.72 Å². The molecule has 0 unspecified atom stereocenters. The lowest BCUT2D eigenvalue weighted by Gasteiger charge is -2.21. The second-order valence-corrected chi connectivity index (χ2v) is 9.29. The number of hydrogen-bond acceptors (Lipinski definition) is 6. The molecule has 154 valence electrons. The van der Waals surface area contributed by atoms with E-state index in [9.17, 15) is 13.2 Å². The first-order valence-corrected chi connectivity index (χ1v) is 11.4. The molecule has 1 N–H and O–H groups in total. The number of amides is 1. The number of thiophene rings is 1. The van der Waals surface area contributed by atoms with Crippen LogP contribution in [0.1, 0.15) is 21.9 Å². The van der Waals surface area contributed by atoms with Gasteiger partial charge in [0.1, 0.15) is 15.7 Å². The Bertz CT molecular complexity index is 1140. The normalized spacial score (nSPS) is 11.3. The molecule has 0 aliphatic heterocycles. The highest BCUT2D eigenvalue weighted by atomic mass is 32.2. The quantitative estimate of drug-likeness (QED) is 0.431. The number of furan rings is 2. The van der Waals surface area contributed by atoms with Crippen LogP contribution in [-0.2, 0) is 23.1 Å². The minimum Gasteiger partial charge on any atom is -0.467 e. The lowest BCUT2D eigenvalue weighted by Crippen LogP contribution is -2.29. The van der Waals surface area contributed by atoms with Gasteiger partial charge in [-0.25, -0.2) is 8.42 Å². The number of nitrogens with zero attached hydrogens (tertiary/aromatic N) is 1. The van der Waals surface area contributed by atoms with Gasteiger partial charge in [0, 0.05) is 11.3 Å². The fourth-order valence-corrected chi connectivity index (χ4v) is 4.92. The number of benzene rings is 1. The van der Waals surface area contributed by atoms with Gasteiger partial charge in [-0.1, -0.05) is 6.07 Å². The number of carbonyl (C=O) groups is 1. The van der Waals surface area contributed by atoms with Crippen LogP contribution in [0.15, 0.2) is 91.6 Å². The second kappa shape index (κ2) is 8.60. The molecule has 0 saturated carbocycles. The number of sulfonamides is 1. The van der Waals surface area contributed by atoms with Crippen LogP contribution in [0.5, 0.6) is 0 Å². The highest BCUT2D eigenvalue weighted by molar-refractivity contribution is 7.94. The molecular weight excluding hydrogens is 424 g/mol. The van der Waals surface area contributed by atoms with E-state index in [1.807, 2.05) is 0 Å². The van der Waals surface area contributed by atoms with Gasteiger partial charge in [0.15, 0.2) is 0 Å². The molecule has 0 aliphatic carbocycles. The summed E-state index contributed by atoms with van der Waals surface area (Å²) in [6, 6.07) is 16.6. The van der Waals surface area contributed by atoms with Crippen molar-refractivity contribution in [1.82, 2.24) is 4.90 Å². The predicted molar refractivity (Wildman–Crippen MR) is 113 cm³/mol. The maximum Gasteiger partial charge on any atom is 0.271 e. The maximum absolute atomic E-state index is 13.1. The van der Waals surface area contributed by atoms with Crippen molar-refractivity contribution in [3.05, 3.63) is 95.7 Å². The lowest BCUT2D eigenvalue weighted by atomic mass is 10.1. The molecule has 0 spiro atoms. The summed E-state index contributed by atoms with van der Waals surface area (Å²) < 4.78 is 38.2. The monoisotopic (exact) mass is 442 g/mol. The van der Waals surface area contributed by atoms with Crippen molar-refractivity contribution in [2.24, 2.45) is 0 Å². The van der Waals surface area contributed by atoms with Crippen molar-refractivity contribution in [3.8, 4) is 0 Å². The third-order valence-corrected chi connectivity index (χ3v) is 7.06. The van der Waals surface area contributed by atoms with Crippen LogP contribution in [0.3, 0.4) is 0 Å². The van der Waals surface area contributed by atoms with Gasteiger partial charge in [0.2, 0.25) is 0 Å². The molecule has 9 heteroatoms. The molecular formula is C21H18N2O5S2. The third-order valence-electron chi connectivity index (χ3n) is 4.28. The largest absolute Gasteiger partial charge is 0.467 e. The van der Waals surface area contributed by atoms with Gasteiger partial charge in [-0.05, 0) is 60.0 Å². The summed E-state index contributed by atoms with van der Waals surface area (Å²) in [5.74, 6) is 1.07. The van der Waals surface area contributed by atoms with Crippen LogP contribution < -0.4 is 4.72 Å². The fraction of sp³-hybridized carbons (Fsp3) is 0.0952. The molecule has 0 aliphatic rings. The molecule has 0 fully saturated rings. The van der Waals surface area contributed by atoms with E-state index < -0.39 is 10.0 Å². The zero-order valence-corrected chi connectivity index (χ0v) is 17.4. The Morgan fingerprint density at radius 3 is 2.03 bits per heavy atom. The minimum atomic E-state index is -3.64. The average Bonchev–Trinajstić information content (AvgIpc) is 3.50. The van der Waals surface area contributed by atoms with E-state index >= 15 is 0 Å². The minimum absolute atomic E-state index is 0.226. The molecule has 1 aromatic carbocycles. The maximum atomic E-state index is 13.1. The topological polar surface area (TPSA) is 92.8 Å². The van der Waals surface area contributed by atoms with Crippen molar-refractivity contribution < 1.29 is 22.0 Å². The van der Waals surface area contributed by atoms with E-state index in [0.717, 1.165) is 11.3 Å². The molecule has 0 radical (unpaired) electrons. The van der Waals surface area contributed by atoms with Crippen molar-refractivity contribution in [2.75, 3.05) is 4.72 Å². The van der Waals surface area contributed by atoms with Gasteiger partial charge in [0.25, 0.3) is 15.9 Å². The van der Waals surface area contributed by atoms with Crippen molar-refractivity contribution >= 4 is 33.0 Å². The first-order chi connectivity index (χ1) is 14.5. The second-order valence-electron chi connectivity index (χ2n) is 6.43. The van der Waals surface area contributed by atoms with Gasteiger partial charge in [-0.3, -0.25) is 9.52 Å². The summed E-state index contributed by atoms with van der Waals surface area (Å²) in [5, 5.41) is 1.70. The van der Waals surface area contributed by atoms with E-state index in [1.165, 1.54) is 6.07 Å². The molecule has 0 atom stereocenters. The molecule has 30 heavy (non-hydrogen) atoms. The fourth-order valence-electron chi connectivity index (χ4n) is 2.87. The Labute approximate surface area is 177 Å². The zero-order valence-electron chi connectivity index (χ0n) is 15.7. The van der Waals surface area contributed by atoms with E-state index in [1.54, 1.807) is 77.4 Å². The molecule has 3 aromatic heterocycles. The van der Waals surface area contributed by atoms with Gasteiger partial charge < -0.3 is 13.7 Å². The van der Waals surface area contributed by atoms with Crippen molar-refractivity contribution in [3.63, 3.8) is 0 Å². The Morgan fingerprint density at radius 2 is 1.53 bits per heavy atom. The first-order valence-electron chi connectivity index (χ1n) is 9.02. The van der Waals surface area contributed by atoms with Crippen LogP contribution >= 0.6 is 11.3 Å². The van der Waals surface area contributed by atoms with Gasteiger partial charge in [-0.15, -0.1) is 11.3 Å². The Hall–Kier alpha value is -3.30. The molecule has 0 saturated heterocycles. The molecule has 1 amide bonds. The molecule has 7 nitrogen and oxygen atoms in total. The molecule has 3 heterocycles. The Morgan fingerprint density at radius 1 is 0.900 bits per heavy atom. The number of carbonyl (C=O) groups excluding carboxylic acids is 1. The molecule has 4 rings (SSSR count). The van der Waals surface area contributed by atoms with Crippen LogP contribution in [-0.4, -0.2) is 19.2 Å². The molecule has 4 aromatic rings. The molecule has 0 bridgehead atoms. The summed E-state index contributed by atoms with van der Waals surface area (Å²) in [5.41, 5.74) is 0.802. The van der Waals surface area contributed by atoms with Crippen LogP contribution in [0.4, 0.5) is 5.69 Å². The number of rotatable bonds is 8. The summed E-state index contributed by atoms with van der Waals surface area (Å²) in [6.45, 7) is 0.554. The van der Waals surface area contributed by atoms with Crippen molar-refractivity contribution in [1.29, 1.82) is 0 Å². The average molecular weight is 443 g/mol. The van der Waals surface area contributed by atoms with Crippen LogP contribution in [0.2, 0.25) is 0 Å². The predicted octanol–water partition coefficient (Wildman–Crippen LogP) is 4.58. The van der Waals surface area contributed by atoms with Gasteiger partial charge in [0.05, 0.1) is 25.6 Å². The smallest absolute Gasteiger partial charge is 0.271 e. The number of hydrogen-bond donors (Lipinski definition) is 1. The SMILES string of the molecule is O=C(c1ccc(NS(=O)(=O)c2cccs2)cc1)N(Cc1ccco1)Cc1ccco1. The Kier molecular flexibility index (Phi) is 5.73. The summed E-state index contributed by atoms with van der Waals surface area (Å²) in [7, 11) is -3.64. The summed E-state index contributed by atoms with van der Waals surface area (Å²) >= 11 is 1.14. The highest BCUT2D eigenvalue weighted by Crippen LogP contribution is 2.21. The zero-order chi connectivity index (χ0) is 21.0. The standard InChI is InChI=1S/C21H18N2O5S2/c24-21(23(14-18-4-1-11-27-18)15-19-5-2-12-28-19)16-7-9-17(10-8-16)22-30(25,26)20-6-3-13-29-20/h1-13,22H,14-15H2. The Balaban J connectivity index is 1.51.